The molecule has 11 heteroatoms. The lowest BCUT2D eigenvalue weighted by Gasteiger charge is -2.30. The van der Waals surface area contributed by atoms with E-state index < -0.39 is 28.4 Å². The molecule has 1 aliphatic rings. The van der Waals surface area contributed by atoms with Crippen LogP contribution in [-0.2, 0) is 11.0 Å². The molecule has 0 aliphatic carbocycles. The fourth-order valence-corrected chi connectivity index (χ4v) is 5.83. The number of pyridine rings is 1. The lowest BCUT2D eigenvalue weighted by Crippen LogP contribution is -2.35. The van der Waals surface area contributed by atoms with E-state index in [1.165, 1.54) is 31.0 Å². The maximum Gasteiger partial charge on any atom is 0.167 e. The van der Waals surface area contributed by atoms with Crippen molar-refractivity contribution >= 4 is 27.6 Å². The maximum absolute atomic E-state index is 15.0. The number of fused-ring (bicyclic) bond motifs is 1. The quantitative estimate of drug-likeness (QED) is 0.186. The molecule has 2 heterocycles. The highest BCUT2D eigenvalue weighted by atomic mass is 32.2. The summed E-state index contributed by atoms with van der Waals surface area (Å²) in [5.74, 6) is -0.805. The van der Waals surface area contributed by atoms with Crippen molar-refractivity contribution in [2.45, 2.75) is 31.1 Å². The third kappa shape index (κ3) is 7.14. The molecule has 0 radical (unpaired) electrons. The molecule has 1 aliphatic heterocycles. The first-order valence-electron chi connectivity index (χ1n) is 13.7. The van der Waals surface area contributed by atoms with Crippen LogP contribution in [0.2, 0.25) is 0 Å². The first kappa shape index (κ1) is 29.7. The third-order valence-electron chi connectivity index (χ3n) is 7.07. The van der Waals surface area contributed by atoms with Gasteiger partial charge in [-0.25, -0.2) is 17.4 Å². The number of nitrogens with zero attached hydrogens (tertiary/aromatic N) is 2. The zero-order valence-electron chi connectivity index (χ0n) is 23.4. The minimum Gasteiger partial charge on any atom is -0.493 e. The number of rotatable bonds is 11. The Morgan fingerprint density at radius 2 is 1.83 bits per heavy atom. The van der Waals surface area contributed by atoms with E-state index in [0.717, 1.165) is 50.2 Å². The highest BCUT2D eigenvalue weighted by Gasteiger charge is 2.17. The summed E-state index contributed by atoms with van der Waals surface area (Å²) in [5, 5.41) is 0.602. The molecule has 42 heavy (non-hydrogen) atoms. The molecular formula is C31H32F3N3O4S. The van der Waals surface area contributed by atoms with Gasteiger partial charge in [0, 0.05) is 42.5 Å². The lowest BCUT2D eigenvalue weighted by molar-refractivity contribution is 0.169. The molecule has 3 aromatic carbocycles. The van der Waals surface area contributed by atoms with Gasteiger partial charge in [-0.05, 0) is 74.2 Å². The Morgan fingerprint density at radius 1 is 0.976 bits per heavy atom. The average Bonchev–Trinajstić information content (AvgIpc) is 2.98. The average molecular weight is 600 g/mol. The van der Waals surface area contributed by atoms with Crippen molar-refractivity contribution in [1.29, 1.82) is 0 Å². The van der Waals surface area contributed by atoms with Gasteiger partial charge in [-0.3, -0.25) is 4.98 Å². The summed E-state index contributed by atoms with van der Waals surface area (Å²) >= 11 is 0. The smallest absolute Gasteiger partial charge is 0.167 e. The van der Waals surface area contributed by atoms with Gasteiger partial charge in [0.1, 0.15) is 16.7 Å². The molecule has 1 aromatic heterocycles. The van der Waals surface area contributed by atoms with Crippen LogP contribution in [0, 0.1) is 23.4 Å². The summed E-state index contributed by atoms with van der Waals surface area (Å²) in [6.45, 7) is 6.07. The molecule has 4 aromatic rings. The first-order valence-corrected chi connectivity index (χ1v) is 14.9. The molecule has 2 unspecified atom stereocenters. The summed E-state index contributed by atoms with van der Waals surface area (Å²) < 4.78 is 74.3. The van der Waals surface area contributed by atoms with Gasteiger partial charge in [0.25, 0.3) is 0 Å². The molecule has 0 amide bonds. The molecule has 2 atom stereocenters. The number of methoxy groups -OCH3 is 1. The van der Waals surface area contributed by atoms with Crippen molar-refractivity contribution < 1.29 is 31.6 Å². The Bertz CT molecular complexity index is 1590. The fourth-order valence-electron chi connectivity index (χ4n) is 4.97. The number of benzene rings is 3. The number of hydrogen-bond donors (Lipinski definition) is 1. The van der Waals surface area contributed by atoms with Gasteiger partial charge in [0.2, 0.25) is 0 Å². The molecule has 1 saturated heterocycles. The molecule has 5 rings (SSSR count). The Morgan fingerprint density at radius 3 is 2.60 bits per heavy atom. The second-order valence-electron chi connectivity index (χ2n) is 10.3. The van der Waals surface area contributed by atoms with Crippen molar-refractivity contribution in [3.05, 3.63) is 78.2 Å². The number of hydrogen-bond acceptors (Lipinski definition) is 6. The third-order valence-corrected chi connectivity index (χ3v) is 8.18. The van der Waals surface area contributed by atoms with Crippen LogP contribution in [0.15, 0.2) is 65.7 Å². The summed E-state index contributed by atoms with van der Waals surface area (Å²) in [7, 11) is -0.386. The standard InChI is InChI=1S/C31H32F3N3O4S/c1-20-5-3-12-37(19-20)13-4-14-40-31-18-27-23(17-30(31)39-2)28(10-11-35-27)41-29-9-6-21(15-26(29)34)36-42(38)22-7-8-24(32)25(33)16-22/h6-11,15-18,20,36H,3-5,12-14,19H2,1-2H3. The van der Waals surface area contributed by atoms with Crippen LogP contribution >= 0.6 is 0 Å². The van der Waals surface area contributed by atoms with E-state index in [-0.39, 0.29) is 16.3 Å². The maximum atomic E-state index is 15.0. The van der Waals surface area contributed by atoms with E-state index in [1.807, 2.05) is 0 Å². The largest absolute Gasteiger partial charge is 0.493 e. The molecule has 1 N–H and O–H groups in total. The monoisotopic (exact) mass is 599 g/mol. The summed E-state index contributed by atoms with van der Waals surface area (Å²) in [6, 6.07) is 12.0. The Hall–Kier alpha value is -3.83. The normalized spacial score (nSPS) is 16.3. The predicted octanol–water partition coefficient (Wildman–Crippen LogP) is 7.09. The molecule has 0 bridgehead atoms. The van der Waals surface area contributed by atoms with Gasteiger partial charge < -0.3 is 23.8 Å². The minimum atomic E-state index is -1.94. The second-order valence-corrected chi connectivity index (χ2v) is 11.5. The van der Waals surface area contributed by atoms with Gasteiger partial charge in [0.05, 0.1) is 24.1 Å². The Labute approximate surface area is 245 Å². The van der Waals surface area contributed by atoms with E-state index in [2.05, 4.69) is 21.5 Å². The fraction of sp³-hybridized carbons (Fsp3) is 0.323. The van der Waals surface area contributed by atoms with E-state index in [4.69, 9.17) is 14.2 Å². The first-order chi connectivity index (χ1) is 20.3. The Kier molecular flexibility index (Phi) is 9.48. The van der Waals surface area contributed by atoms with Crippen LogP contribution < -0.4 is 18.9 Å². The van der Waals surface area contributed by atoms with Crippen molar-refractivity contribution in [2.75, 3.05) is 38.1 Å². The highest BCUT2D eigenvalue weighted by Crippen LogP contribution is 2.38. The molecule has 0 saturated carbocycles. The molecule has 0 spiro atoms. The molecule has 222 valence electrons. The van der Waals surface area contributed by atoms with Crippen LogP contribution in [0.5, 0.6) is 23.0 Å². The van der Waals surface area contributed by atoms with Crippen LogP contribution in [-0.4, -0.2) is 47.4 Å². The Balaban J connectivity index is 1.26. The minimum absolute atomic E-state index is 0.00631. The van der Waals surface area contributed by atoms with Crippen LogP contribution in [0.3, 0.4) is 0 Å². The SMILES string of the molecule is COc1cc2c(Oc3ccc(NS(=O)c4ccc(F)c(F)c4)cc3F)ccnc2cc1OCCCN1CCCC(C)C1. The number of ether oxygens (including phenoxy) is 3. The van der Waals surface area contributed by atoms with E-state index in [1.54, 1.807) is 31.5 Å². The molecule has 1 fully saturated rings. The summed E-state index contributed by atoms with van der Waals surface area (Å²) in [5.41, 5.74) is 0.759. The van der Waals surface area contributed by atoms with Gasteiger partial charge in [-0.15, -0.1) is 0 Å². The summed E-state index contributed by atoms with van der Waals surface area (Å²) in [6.07, 6.45) is 4.98. The van der Waals surface area contributed by atoms with Gasteiger partial charge in [-0.2, -0.15) is 0 Å². The highest BCUT2D eigenvalue weighted by molar-refractivity contribution is 7.86. The molecular weight excluding hydrogens is 567 g/mol. The van der Waals surface area contributed by atoms with Gasteiger partial charge in [0.15, 0.2) is 34.7 Å². The molecule has 7 nitrogen and oxygen atoms in total. The number of likely N-dealkylation sites (tertiary alicyclic amines) is 1. The van der Waals surface area contributed by atoms with Crippen LogP contribution in [0.25, 0.3) is 10.9 Å². The second kappa shape index (κ2) is 13.4. The lowest BCUT2D eigenvalue weighted by atomic mass is 10.0. The number of piperidine rings is 1. The number of nitrogens with one attached hydrogen (secondary N) is 1. The van der Waals surface area contributed by atoms with Crippen LogP contribution in [0.4, 0.5) is 18.9 Å². The van der Waals surface area contributed by atoms with E-state index >= 15 is 4.39 Å². The predicted molar refractivity (Wildman–Crippen MR) is 156 cm³/mol. The zero-order valence-corrected chi connectivity index (χ0v) is 24.2. The van der Waals surface area contributed by atoms with E-state index in [9.17, 15) is 13.0 Å². The number of anilines is 1. The topological polar surface area (TPSA) is 72.9 Å². The summed E-state index contributed by atoms with van der Waals surface area (Å²) in [4.78, 5) is 6.91. The van der Waals surface area contributed by atoms with Crippen molar-refractivity contribution in [3.63, 3.8) is 0 Å². The van der Waals surface area contributed by atoms with Gasteiger partial charge >= 0.3 is 0 Å². The van der Waals surface area contributed by atoms with E-state index in [0.29, 0.717) is 34.8 Å². The number of aromatic nitrogens is 1. The zero-order chi connectivity index (χ0) is 29.6. The number of halogens is 3. The van der Waals surface area contributed by atoms with Crippen molar-refractivity contribution in [2.24, 2.45) is 5.92 Å². The van der Waals surface area contributed by atoms with Crippen LogP contribution in [0.1, 0.15) is 26.2 Å². The van der Waals surface area contributed by atoms with Gasteiger partial charge in [-0.1, -0.05) is 6.92 Å². The van der Waals surface area contributed by atoms with Crippen molar-refractivity contribution in [1.82, 2.24) is 9.88 Å². The van der Waals surface area contributed by atoms with Crippen molar-refractivity contribution in [3.8, 4) is 23.0 Å².